The average Bonchev–Trinajstić information content (AvgIpc) is 2.81. The first-order valence-corrected chi connectivity index (χ1v) is 11.3. The fraction of sp³-hybridized carbons (Fsp3) is 0. The summed E-state index contributed by atoms with van der Waals surface area (Å²) in [6, 6.07) is 31.4. The monoisotopic (exact) mass is 445 g/mol. The third-order valence-corrected chi connectivity index (χ3v) is 5.36. The second kappa shape index (κ2) is 9.20. The normalized spacial score (nSPS) is 11.9. The Morgan fingerprint density at radius 2 is 1.19 bits per heavy atom. The first-order valence-electron chi connectivity index (χ1n) is 9.77. The van der Waals surface area contributed by atoms with E-state index in [2.05, 4.69) is 5.16 Å². The topological polar surface area (TPSA) is 99.4 Å². The van der Waals surface area contributed by atoms with Crippen LogP contribution in [0.15, 0.2) is 108 Å². The van der Waals surface area contributed by atoms with Crippen molar-refractivity contribution in [1.29, 1.82) is 0 Å². The molecule has 0 saturated carbocycles. The minimum atomic E-state index is -4.85. The molecule has 6 nitrogen and oxygen atoms in total. The van der Waals surface area contributed by atoms with Gasteiger partial charge in [-0.05, 0) is 34.4 Å². The Balaban J connectivity index is 1.75. The minimum Gasteiger partial charge on any atom is -0.410 e. The van der Waals surface area contributed by atoms with Gasteiger partial charge in [-0.2, -0.15) is 0 Å². The van der Waals surface area contributed by atoms with Gasteiger partial charge in [0.1, 0.15) is 11.5 Å². The van der Waals surface area contributed by atoms with Crippen LogP contribution in [0.25, 0.3) is 22.3 Å². The van der Waals surface area contributed by atoms with E-state index in [0.717, 1.165) is 16.7 Å². The molecular formula is C25H20NO5P. The summed E-state index contributed by atoms with van der Waals surface area (Å²) in [7, 11) is -4.85. The smallest absolute Gasteiger partial charge is 0.410 e. The molecule has 0 saturated heterocycles. The standard InChI is InChI=1S/C25H20NO5P/c27-26-25(21-13-11-20(12-14-21)18-7-3-1-4-8-18)23-16-15-22(19-9-5-2-6-10-19)17-24(23)31-32(28,29)30/h1-17,27H,(H2,28,29,30). The van der Waals surface area contributed by atoms with Gasteiger partial charge in [0.15, 0.2) is 0 Å². The second-order valence-corrected chi connectivity index (χ2v) is 8.21. The molecule has 0 fully saturated rings. The third kappa shape index (κ3) is 4.95. The lowest BCUT2D eigenvalue weighted by Crippen LogP contribution is -2.07. The van der Waals surface area contributed by atoms with Crippen molar-refractivity contribution in [2.45, 2.75) is 0 Å². The zero-order valence-corrected chi connectivity index (χ0v) is 17.8. The Morgan fingerprint density at radius 1 is 0.688 bits per heavy atom. The van der Waals surface area contributed by atoms with Gasteiger partial charge in [0, 0.05) is 11.1 Å². The van der Waals surface area contributed by atoms with Crippen molar-refractivity contribution >= 4 is 13.5 Å². The molecule has 7 heteroatoms. The Morgan fingerprint density at radius 3 is 1.72 bits per heavy atom. The fourth-order valence-electron chi connectivity index (χ4n) is 3.45. The molecule has 0 aliphatic rings. The number of nitrogens with zero attached hydrogens (tertiary/aromatic N) is 1. The summed E-state index contributed by atoms with van der Waals surface area (Å²) < 4.78 is 16.6. The van der Waals surface area contributed by atoms with Crippen LogP contribution in [-0.4, -0.2) is 20.7 Å². The number of benzene rings is 4. The van der Waals surface area contributed by atoms with E-state index in [1.54, 1.807) is 24.3 Å². The maximum atomic E-state index is 11.6. The number of oxime groups is 1. The highest BCUT2D eigenvalue weighted by atomic mass is 31.2. The highest BCUT2D eigenvalue weighted by Crippen LogP contribution is 2.41. The Bertz CT molecular complexity index is 1280. The first kappa shape index (κ1) is 21.5. The summed E-state index contributed by atoms with van der Waals surface area (Å²) in [5.41, 5.74) is 4.53. The van der Waals surface area contributed by atoms with Gasteiger partial charge in [0.05, 0.1) is 0 Å². The maximum Gasteiger partial charge on any atom is 0.524 e. The summed E-state index contributed by atoms with van der Waals surface area (Å²) in [5.74, 6) is -0.0837. The molecule has 3 N–H and O–H groups in total. The number of phosphoric acid groups is 1. The lowest BCUT2D eigenvalue weighted by Gasteiger charge is -2.15. The van der Waals surface area contributed by atoms with Gasteiger partial charge in [-0.1, -0.05) is 96.2 Å². The molecule has 0 unspecified atom stereocenters. The lowest BCUT2D eigenvalue weighted by atomic mass is 9.96. The van der Waals surface area contributed by atoms with Crippen molar-refractivity contribution in [3.05, 3.63) is 114 Å². The molecule has 32 heavy (non-hydrogen) atoms. The van der Waals surface area contributed by atoms with E-state index in [0.29, 0.717) is 11.1 Å². The van der Waals surface area contributed by atoms with Crippen molar-refractivity contribution in [2.24, 2.45) is 5.16 Å². The lowest BCUT2D eigenvalue weighted by molar-refractivity contribution is 0.282. The van der Waals surface area contributed by atoms with Crippen LogP contribution in [0.1, 0.15) is 11.1 Å². The zero-order chi connectivity index (χ0) is 22.6. The van der Waals surface area contributed by atoms with Crippen molar-refractivity contribution in [3.8, 4) is 28.0 Å². The van der Waals surface area contributed by atoms with Crippen LogP contribution in [-0.2, 0) is 4.57 Å². The van der Waals surface area contributed by atoms with E-state index in [1.807, 2.05) is 72.8 Å². The maximum absolute atomic E-state index is 11.6. The van der Waals surface area contributed by atoms with Gasteiger partial charge < -0.3 is 9.73 Å². The molecule has 0 radical (unpaired) electrons. The Labute approximate surface area is 185 Å². The van der Waals surface area contributed by atoms with Crippen LogP contribution < -0.4 is 4.52 Å². The molecule has 0 aliphatic heterocycles. The van der Waals surface area contributed by atoms with Crippen LogP contribution in [0.3, 0.4) is 0 Å². The van der Waals surface area contributed by atoms with Crippen LogP contribution in [0.5, 0.6) is 5.75 Å². The summed E-state index contributed by atoms with van der Waals surface area (Å²) in [6.07, 6.45) is 0. The molecule has 4 aromatic rings. The van der Waals surface area contributed by atoms with Crippen LogP contribution in [0.4, 0.5) is 0 Å². The molecule has 160 valence electrons. The van der Waals surface area contributed by atoms with Crippen molar-refractivity contribution in [2.75, 3.05) is 0 Å². The largest absolute Gasteiger partial charge is 0.524 e. The van der Waals surface area contributed by atoms with E-state index in [-0.39, 0.29) is 17.0 Å². The summed E-state index contributed by atoms with van der Waals surface area (Å²) in [6.45, 7) is 0. The molecule has 4 aromatic carbocycles. The average molecular weight is 445 g/mol. The summed E-state index contributed by atoms with van der Waals surface area (Å²) >= 11 is 0. The molecule has 0 spiro atoms. The SMILES string of the molecule is O=P(O)(O)Oc1cc(-c2ccccc2)ccc1C(=NO)c1ccc(-c2ccccc2)cc1. The van der Waals surface area contributed by atoms with Gasteiger partial charge in [0.25, 0.3) is 0 Å². The van der Waals surface area contributed by atoms with E-state index in [9.17, 15) is 19.6 Å². The quantitative estimate of drug-likeness (QED) is 0.153. The Kier molecular flexibility index (Phi) is 6.19. The fourth-order valence-corrected chi connectivity index (χ4v) is 3.86. The Hall–Kier alpha value is -3.70. The van der Waals surface area contributed by atoms with Crippen LogP contribution in [0, 0.1) is 0 Å². The second-order valence-electron chi connectivity index (χ2n) is 7.05. The molecule has 0 bridgehead atoms. The van der Waals surface area contributed by atoms with Crippen molar-refractivity contribution in [3.63, 3.8) is 0 Å². The third-order valence-electron chi connectivity index (χ3n) is 4.93. The summed E-state index contributed by atoms with van der Waals surface area (Å²) in [4.78, 5) is 18.9. The predicted molar refractivity (Wildman–Crippen MR) is 124 cm³/mol. The highest BCUT2D eigenvalue weighted by Gasteiger charge is 2.22. The van der Waals surface area contributed by atoms with Crippen molar-refractivity contribution in [1.82, 2.24) is 0 Å². The van der Waals surface area contributed by atoms with Gasteiger partial charge in [0.2, 0.25) is 0 Å². The number of hydrogen-bond donors (Lipinski definition) is 3. The molecule has 0 aromatic heterocycles. The van der Waals surface area contributed by atoms with E-state index < -0.39 is 7.82 Å². The van der Waals surface area contributed by atoms with Gasteiger partial charge in [-0.3, -0.25) is 9.79 Å². The van der Waals surface area contributed by atoms with Crippen LogP contribution in [0.2, 0.25) is 0 Å². The molecule has 0 atom stereocenters. The molecule has 4 rings (SSSR count). The van der Waals surface area contributed by atoms with Gasteiger partial charge in [-0.15, -0.1) is 0 Å². The first-order chi connectivity index (χ1) is 15.4. The van der Waals surface area contributed by atoms with Gasteiger partial charge in [-0.25, -0.2) is 4.57 Å². The molecule has 0 heterocycles. The summed E-state index contributed by atoms with van der Waals surface area (Å²) in [5, 5.41) is 13.2. The molecule has 0 aliphatic carbocycles. The van der Waals surface area contributed by atoms with E-state index in [4.69, 9.17) is 4.52 Å². The molecule has 0 amide bonds. The number of phosphoric ester groups is 1. The van der Waals surface area contributed by atoms with Crippen LogP contribution >= 0.6 is 7.82 Å². The predicted octanol–water partition coefficient (Wildman–Crippen LogP) is 5.72. The van der Waals surface area contributed by atoms with E-state index >= 15 is 0 Å². The molecular weight excluding hydrogens is 425 g/mol. The van der Waals surface area contributed by atoms with Crippen molar-refractivity contribution < 1.29 is 24.1 Å². The zero-order valence-electron chi connectivity index (χ0n) is 16.9. The van der Waals surface area contributed by atoms with E-state index in [1.165, 1.54) is 6.07 Å². The number of hydrogen-bond acceptors (Lipinski definition) is 4. The number of rotatable bonds is 6. The minimum absolute atomic E-state index is 0.0837. The highest BCUT2D eigenvalue weighted by molar-refractivity contribution is 7.46. The van der Waals surface area contributed by atoms with Gasteiger partial charge >= 0.3 is 7.82 Å².